The van der Waals surface area contributed by atoms with Crippen molar-refractivity contribution in [3.05, 3.63) is 83.4 Å². The summed E-state index contributed by atoms with van der Waals surface area (Å²) >= 11 is 0. The largest absolute Gasteiger partial charge is 0.497 e. The van der Waals surface area contributed by atoms with Gasteiger partial charge in [-0.05, 0) is 73.5 Å². The Morgan fingerprint density at radius 2 is 1.60 bits per heavy atom. The van der Waals surface area contributed by atoms with Crippen molar-refractivity contribution in [3.63, 3.8) is 0 Å². The number of amides is 1. The number of nitrogens with zero attached hydrogens (tertiary/aromatic N) is 1. The van der Waals surface area contributed by atoms with Crippen LogP contribution in [0.25, 0.3) is 0 Å². The van der Waals surface area contributed by atoms with Crippen LogP contribution in [0.2, 0.25) is 0 Å². The number of anilines is 2. The lowest BCUT2D eigenvalue weighted by molar-refractivity contribution is 0.102. The Bertz CT molecular complexity index is 1170. The van der Waals surface area contributed by atoms with Gasteiger partial charge >= 0.3 is 0 Å². The van der Waals surface area contributed by atoms with Gasteiger partial charge in [0.1, 0.15) is 5.75 Å². The highest BCUT2D eigenvalue weighted by atomic mass is 32.2. The zero-order chi connectivity index (χ0) is 21.9. The zero-order valence-electron chi connectivity index (χ0n) is 17.3. The molecule has 30 heavy (non-hydrogen) atoms. The van der Waals surface area contributed by atoms with Gasteiger partial charge in [0.05, 0.1) is 23.3 Å². The summed E-state index contributed by atoms with van der Waals surface area (Å²) in [4.78, 5) is 13.1. The summed E-state index contributed by atoms with van der Waals surface area (Å²) in [6.07, 6.45) is 0. The van der Waals surface area contributed by atoms with Crippen molar-refractivity contribution < 1.29 is 17.9 Å². The molecule has 3 aromatic carbocycles. The number of carbonyl (C=O) groups is 1. The molecular formula is C23H24N2O4S. The molecule has 0 atom stereocenters. The third kappa shape index (κ3) is 4.31. The molecule has 0 bridgehead atoms. The summed E-state index contributed by atoms with van der Waals surface area (Å²) in [7, 11) is -0.819. The van der Waals surface area contributed by atoms with Crippen LogP contribution in [0, 0.1) is 13.8 Å². The second-order valence-electron chi connectivity index (χ2n) is 6.92. The monoisotopic (exact) mass is 424 g/mol. The van der Waals surface area contributed by atoms with Gasteiger partial charge in [-0.15, -0.1) is 0 Å². The predicted octanol–water partition coefficient (Wildman–Crippen LogP) is 4.39. The summed E-state index contributed by atoms with van der Waals surface area (Å²) in [5, 5.41) is 2.80. The van der Waals surface area contributed by atoms with Gasteiger partial charge in [0.15, 0.2) is 0 Å². The first-order valence-corrected chi connectivity index (χ1v) is 10.8. The Balaban J connectivity index is 1.93. The minimum atomic E-state index is -3.83. The highest BCUT2D eigenvalue weighted by Crippen LogP contribution is 2.27. The van der Waals surface area contributed by atoms with E-state index in [1.807, 2.05) is 13.8 Å². The van der Waals surface area contributed by atoms with Crippen LogP contribution >= 0.6 is 0 Å². The molecule has 0 aliphatic rings. The molecule has 3 rings (SSSR count). The van der Waals surface area contributed by atoms with E-state index in [-0.39, 0.29) is 10.5 Å². The van der Waals surface area contributed by atoms with E-state index in [1.165, 1.54) is 7.05 Å². The van der Waals surface area contributed by atoms with Crippen LogP contribution in [-0.4, -0.2) is 28.5 Å². The summed E-state index contributed by atoms with van der Waals surface area (Å²) in [6.45, 7) is 3.79. The molecule has 0 aliphatic heterocycles. The van der Waals surface area contributed by atoms with Gasteiger partial charge in [-0.3, -0.25) is 9.10 Å². The molecule has 6 nitrogen and oxygen atoms in total. The fourth-order valence-electron chi connectivity index (χ4n) is 2.97. The first-order chi connectivity index (χ1) is 14.2. The van der Waals surface area contributed by atoms with Crippen LogP contribution in [-0.2, 0) is 10.0 Å². The standard InChI is InChI=1S/C23H24N2O4S/c1-16-9-14-20(15-17(16)2)30(27,28)25(3)22-8-6-5-7-21(22)23(26)24-18-10-12-19(29-4)13-11-18/h5-15H,1-4H3,(H,24,26). The van der Waals surface area contributed by atoms with Crippen LogP contribution in [0.3, 0.4) is 0 Å². The van der Waals surface area contributed by atoms with E-state index in [0.717, 1.165) is 15.4 Å². The van der Waals surface area contributed by atoms with Crippen molar-refractivity contribution in [2.75, 3.05) is 23.8 Å². The van der Waals surface area contributed by atoms with Crippen molar-refractivity contribution in [2.45, 2.75) is 18.7 Å². The van der Waals surface area contributed by atoms with E-state index in [2.05, 4.69) is 5.32 Å². The Labute approximate surface area is 177 Å². The molecule has 1 amide bonds. The van der Waals surface area contributed by atoms with E-state index >= 15 is 0 Å². The van der Waals surface area contributed by atoms with Crippen LogP contribution in [0.1, 0.15) is 21.5 Å². The molecule has 0 aromatic heterocycles. The highest BCUT2D eigenvalue weighted by molar-refractivity contribution is 7.92. The molecule has 0 heterocycles. The predicted molar refractivity (Wildman–Crippen MR) is 119 cm³/mol. The Hall–Kier alpha value is -3.32. The second kappa shape index (κ2) is 8.59. The maximum absolute atomic E-state index is 13.2. The van der Waals surface area contributed by atoms with Gasteiger partial charge in [-0.25, -0.2) is 8.42 Å². The fraction of sp³-hybridized carbons (Fsp3) is 0.174. The highest BCUT2D eigenvalue weighted by Gasteiger charge is 2.25. The van der Waals surface area contributed by atoms with Crippen molar-refractivity contribution in [1.82, 2.24) is 0 Å². The average Bonchev–Trinajstić information content (AvgIpc) is 2.75. The van der Waals surface area contributed by atoms with Crippen molar-refractivity contribution in [2.24, 2.45) is 0 Å². The molecule has 1 N–H and O–H groups in total. The molecule has 156 valence electrons. The summed E-state index contributed by atoms with van der Waals surface area (Å²) in [5.74, 6) is 0.269. The Morgan fingerprint density at radius 1 is 0.933 bits per heavy atom. The van der Waals surface area contributed by atoms with Gasteiger partial charge in [-0.1, -0.05) is 18.2 Å². The number of sulfonamides is 1. The fourth-order valence-corrected chi connectivity index (χ4v) is 4.28. The van der Waals surface area contributed by atoms with Crippen LogP contribution in [0.4, 0.5) is 11.4 Å². The number of para-hydroxylation sites is 1. The number of hydrogen-bond acceptors (Lipinski definition) is 4. The maximum atomic E-state index is 13.2. The molecule has 3 aromatic rings. The zero-order valence-corrected chi connectivity index (χ0v) is 18.2. The maximum Gasteiger partial charge on any atom is 0.264 e. The third-order valence-corrected chi connectivity index (χ3v) is 6.74. The van der Waals surface area contributed by atoms with Gasteiger partial charge in [0.25, 0.3) is 15.9 Å². The number of ether oxygens (including phenoxy) is 1. The quantitative estimate of drug-likeness (QED) is 0.637. The third-order valence-electron chi connectivity index (χ3n) is 4.97. The molecule has 0 saturated heterocycles. The smallest absolute Gasteiger partial charge is 0.264 e. The molecule has 0 saturated carbocycles. The molecule has 0 aliphatic carbocycles. The minimum Gasteiger partial charge on any atom is -0.497 e. The van der Waals surface area contributed by atoms with Gasteiger partial charge in [0, 0.05) is 12.7 Å². The first-order valence-electron chi connectivity index (χ1n) is 9.34. The van der Waals surface area contributed by atoms with E-state index in [1.54, 1.807) is 73.8 Å². The second-order valence-corrected chi connectivity index (χ2v) is 8.89. The number of benzene rings is 3. The summed E-state index contributed by atoms with van der Waals surface area (Å²) in [6, 6.07) is 18.5. The minimum absolute atomic E-state index is 0.179. The van der Waals surface area contributed by atoms with Crippen LogP contribution in [0.5, 0.6) is 5.75 Å². The number of aryl methyl sites for hydroxylation is 2. The first kappa shape index (κ1) is 21.4. The lowest BCUT2D eigenvalue weighted by atomic mass is 10.1. The molecule has 0 radical (unpaired) electrons. The summed E-state index contributed by atoms with van der Waals surface area (Å²) in [5.41, 5.74) is 3.02. The van der Waals surface area contributed by atoms with Crippen LogP contribution in [0.15, 0.2) is 71.6 Å². The van der Waals surface area contributed by atoms with Crippen molar-refractivity contribution in [3.8, 4) is 5.75 Å². The van der Waals surface area contributed by atoms with Crippen molar-refractivity contribution in [1.29, 1.82) is 0 Å². The van der Waals surface area contributed by atoms with E-state index in [9.17, 15) is 13.2 Å². The summed E-state index contributed by atoms with van der Waals surface area (Å²) < 4.78 is 32.6. The lowest BCUT2D eigenvalue weighted by Gasteiger charge is -2.22. The SMILES string of the molecule is COc1ccc(NC(=O)c2ccccc2N(C)S(=O)(=O)c2ccc(C)c(C)c2)cc1. The number of nitrogens with one attached hydrogen (secondary N) is 1. The van der Waals surface area contributed by atoms with Crippen LogP contribution < -0.4 is 14.4 Å². The molecule has 0 spiro atoms. The normalized spacial score (nSPS) is 11.1. The molecule has 0 fully saturated rings. The van der Waals surface area contributed by atoms with Gasteiger partial charge in [-0.2, -0.15) is 0 Å². The Kier molecular flexibility index (Phi) is 6.12. The van der Waals surface area contributed by atoms with E-state index < -0.39 is 15.9 Å². The van der Waals surface area contributed by atoms with Gasteiger partial charge in [0.2, 0.25) is 0 Å². The van der Waals surface area contributed by atoms with Gasteiger partial charge < -0.3 is 10.1 Å². The molecule has 0 unspecified atom stereocenters. The Morgan fingerprint density at radius 3 is 2.23 bits per heavy atom. The number of rotatable bonds is 6. The topological polar surface area (TPSA) is 75.7 Å². The number of methoxy groups -OCH3 is 1. The van der Waals surface area contributed by atoms with Crippen molar-refractivity contribution >= 4 is 27.3 Å². The molecule has 7 heteroatoms. The average molecular weight is 425 g/mol. The number of carbonyl (C=O) groups excluding carboxylic acids is 1. The van der Waals surface area contributed by atoms with E-state index in [4.69, 9.17) is 4.74 Å². The lowest BCUT2D eigenvalue weighted by Crippen LogP contribution is -2.29. The van der Waals surface area contributed by atoms with E-state index in [0.29, 0.717) is 17.1 Å². The number of hydrogen-bond donors (Lipinski definition) is 1. The molecular weight excluding hydrogens is 400 g/mol.